The number of rotatable bonds is 11. The first-order valence-electron chi connectivity index (χ1n) is 18.6. The summed E-state index contributed by atoms with van der Waals surface area (Å²) < 4.78 is 69.8. The summed E-state index contributed by atoms with van der Waals surface area (Å²) in [6.45, 7) is 3.37. The summed E-state index contributed by atoms with van der Waals surface area (Å²) in [4.78, 5) is 63.2. The zero-order valence-electron chi connectivity index (χ0n) is 33.2. The van der Waals surface area contributed by atoms with Crippen LogP contribution in [0.15, 0.2) is 117 Å². The van der Waals surface area contributed by atoms with E-state index in [1.54, 1.807) is 26.0 Å². The Kier molecular flexibility index (Phi) is 11.7. The minimum Gasteiger partial charge on any atom is -0.478 e. The number of carbonyl (C=O) groups is 5. The molecule has 5 aromatic rings. The minimum atomic E-state index is -5.05. The van der Waals surface area contributed by atoms with Crippen molar-refractivity contribution < 1.29 is 55.0 Å². The number of carboxylic acid groups (broad SMARTS) is 1. The third-order valence-corrected chi connectivity index (χ3v) is 11.6. The van der Waals surface area contributed by atoms with Crippen LogP contribution in [0, 0.1) is 13.8 Å². The number of ketones is 2. The lowest BCUT2D eigenvalue weighted by Gasteiger charge is -2.18. The lowest BCUT2D eigenvalue weighted by atomic mass is 9.94. The number of aryl methyl sites for hydroxylation is 2. The van der Waals surface area contributed by atoms with E-state index in [1.807, 2.05) is 0 Å². The predicted octanol–water partition coefficient (Wildman–Crippen LogP) is 5.87. The number of aromatic carboxylic acids is 1. The number of nitrogens with one attached hydrogen (secondary N) is 4. The summed E-state index contributed by atoms with van der Waals surface area (Å²) in [5.41, 5.74) is 11.9. The van der Waals surface area contributed by atoms with Gasteiger partial charge < -0.3 is 21.5 Å². The lowest BCUT2D eigenvalue weighted by Crippen LogP contribution is -2.27. The standard InChI is InChI=1S/C43H33N7O12S2/c1-21-7-8-24(18-32(21)44)42(54)46-28-11-13-29-26(17-28)19-35(63(57,58)59)37(39(29)51)49-47-33-14-9-23(15-22(33)2)41(53)45-27-10-12-30-25(16-27)20-36(64(60,61)62)38(40(30)52)50-48-34-6-4-3-5-31(34)43(55)56/h3-20,47-48H,44H2,1-2H3,(H,45,53)(H,46,54)(H,55,56)(H,57,58,59)(H,60,61,62)/b49-37+,50-38+. The number of carbonyl (C=O) groups excluding carboxylic acids is 4. The van der Waals surface area contributed by atoms with Gasteiger partial charge in [-0.05, 0) is 127 Å². The van der Waals surface area contributed by atoms with Gasteiger partial charge in [0.1, 0.15) is 9.81 Å². The van der Waals surface area contributed by atoms with Gasteiger partial charge >= 0.3 is 5.97 Å². The van der Waals surface area contributed by atoms with E-state index in [9.17, 15) is 55.0 Å². The number of fused-ring (bicyclic) bond motifs is 2. The molecule has 7 rings (SSSR count). The predicted molar refractivity (Wildman–Crippen MR) is 239 cm³/mol. The molecular weight excluding hydrogens is 871 g/mol. The third-order valence-electron chi connectivity index (χ3n) is 9.90. The van der Waals surface area contributed by atoms with Crippen LogP contribution in [0.25, 0.3) is 12.2 Å². The van der Waals surface area contributed by atoms with Crippen LogP contribution in [0.2, 0.25) is 0 Å². The van der Waals surface area contributed by atoms with Gasteiger partial charge in [-0.25, -0.2) is 4.79 Å². The highest BCUT2D eigenvalue weighted by Crippen LogP contribution is 2.31. The van der Waals surface area contributed by atoms with E-state index in [0.717, 1.165) is 17.7 Å². The molecule has 0 saturated carbocycles. The molecule has 0 aliphatic heterocycles. The second-order valence-electron chi connectivity index (χ2n) is 14.2. The highest BCUT2D eigenvalue weighted by atomic mass is 32.2. The molecule has 2 aliphatic carbocycles. The van der Waals surface area contributed by atoms with E-state index in [4.69, 9.17) is 5.73 Å². The van der Waals surface area contributed by atoms with E-state index in [-0.39, 0.29) is 61.7 Å². The Morgan fingerprint density at radius 3 is 1.56 bits per heavy atom. The van der Waals surface area contributed by atoms with Gasteiger partial charge in [0, 0.05) is 39.3 Å². The first kappa shape index (κ1) is 44.0. The lowest BCUT2D eigenvalue weighted by molar-refractivity contribution is 0.0697. The topological polar surface area (TPSA) is 313 Å². The molecule has 0 spiro atoms. The van der Waals surface area contributed by atoms with E-state index >= 15 is 0 Å². The van der Waals surface area contributed by atoms with Crippen LogP contribution in [-0.4, -0.2) is 71.8 Å². The Bertz CT molecular complexity index is 3270. The summed E-state index contributed by atoms with van der Waals surface area (Å²) in [5.74, 6) is -4.27. The third kappa shape index (κ3) is 9.07. The number of hydrogen-bond donors (Lipinski definition) is 8. The number of nitrogens with zero attached hydrogens (tertiary/aromatic N) is 2. The van der Waals surface area contributed by atoms with Crippen LogP contribution in [0.5, 0.6) is 0 Å². The molecule has 19 nitrogen and oxygen atoms in total. The molecule has 0 atom stereocenters. The number of hydrazone groups is 2. The van der Waals surface area contributed by atoms with E-state index < -0.39 is 70.8 Å². The van der Waals surface area contributed by atoms with Crippen molar-refractivity contribution in [2.45, 2.75) is 13.8 Å². The summed E-state index contributed by atoms with van der Waals surface area (Å²) in [7, 11) is -10.1. The fourth-order valence-electron chi connectivity index (χ4n) is 6.55. The molecule has 64 heavy (non-hydrogen) atoms. The Hall–Kier alpha value is -8.11. The van der Waals surface area contributed by atoms with Gasteiger partial charge in [-0.3, -0.25) is 39.1 Å². The highest BCUT2D eigenvalue weighted by Gasteiger charge is 2.35. The summed E-state index contributed by atoms with van der Waals surface area (Å²) in [5, 5.41) is 22.6. The monoisotopic (exact) mass is 903 g/mol. The van der Waals surface area contributed by atoms with Crippen molar-refractivity contribution >= 4 is 102 Å². The Balaban J connectivity index is 1.08. The number of anilines is 5. The Labute approximate surface area is 363 Å². The maximum absolute atomic E-state index is 13.6. The molecule has 9 N–H and O–H groups in total. The van der Waals surface area contributed by atoms with Gasteiger partial charge in [-0.15, -0.1) is 0 Å². The number of amides is 2. The average molecular weight is 904 g/mol. The summed E-state index contributed by atoms with van der Waals surface area (Å²) in [6.07, 6.45) is 2.01. The number of Topliss-reactive ketones (excluding diaryl/α,β-unsaturated/α-hetero) is 2. The maximum Gasteiger partial charge on any atom is 0.337 e. The number of hydrogen-bond acceptors (Lipinski definition) is 14. The zero-order valence-corrected chi connectivity index (χ0v) is 34.8. The van der Waals surface area contributed by atoms with Crippen LogP contribution >= 0.6 is 0 Å². The van der Waals surface area contributed by atoms with Crippen molar-refractivity contribution in [2.75, 3.05) is 27.2 Å². The molecule has 2 aliphatic rings. The highest BCUT2D eigenvalue weighted by molar-refractivity contribution is 7.91. The Morgan fingerprint density at radius 1 is 0.594 bits per heavy atom. The number of benzene rings is 5. The summed E-state index contributed by atoms with van der Waals surface area (Å²) in [6, 6.07) is 22.6. The quantitative estimate of drug-likeness (QED) is 0.0436. The fraction of sp³-hybridized carbons (Fsp3) is 0.0465. The minimum absolute atomic E-state index is 0.00431. The number of nitrogen functional groups attached to an aromatic ring is 1. The van der Waals surface area contributed by atoms with Crippen LogP contribution in [0.1, 0.15) is 74.0 Å². The largest absolute Gasteiger partial charge is 0.478 e. The molecule has 0 unspecified atom stereocenters. The molecule has 0 heterocycles. The number of allylic oxidation sites excluding steroid dienone is 2. The molecule has 0 radical (unpaired) electrons. The molecule has 0 bridgehead atoms. The molecule has 0 fully saturated rings. The molecule has 0 aromatic heterocycles. The molecule has 21 heteroatoms. The number of para-hydroxylation sites is 1. The van der Waals surface area contributed by atoms with Gasteiger partial charge in [0.15, 0.2) is 11.4 Å². The number of carboxylic acids is 1. The van der Waals surface area contributed by atoms with Crippen LogP contribution < -0.4 is 27.2 Å². The van der Waals surface area contributed by atoms with E-state index in [0.29, 0.717) is 11.3 Å². The fourth-order valence-corrected chi connectivity index (χ4v) is 7.87. The SMILES string of the molecule is Cc1ccc(C(=O)Nc2ccc3c(c2)C=C(S(=O)(=O)O)/C(=N\Nc2ccc(C(=O)Nc4ccc5c(c4)C=C(S(=O)(=O)O)/C(=N\Nc4ccccc4C(=O)O)C5=O)cc2C)C3=O)cc1N. The van der Waals surface area contributed by atoms with Gasteiger partial charge in [0.05, 0.1) is 16.9 Å². The van der Waals surface area contributed by atoms with Gasteiger partial charge in [0.2, 0.25) is 11.6 Å². The average Bonchev–Trinajstić information content (AvgIpc) is 3.23. The van der Waals surface area contributed by atoms with Crippen LogP contribution in [-0.2, 0) is 20.2 Å². The normalized spacial score (nSPS) is 14.8. The van der Waals surface area contributed by atoms with Crippen LogP contribution in [0.3, 0.4) is 0 Å². The zero-order chi connectivity index (χ0) is 46.2. The van der Waals surface area contributed by atoms with Gasteiger partial charge in [-0.2, -0.15) is 27.0 Å². The molecule has 5 aromatic carbocycles. The molecule has 2 amide bonds. The smallest absolute Gasteiger partial charge is 0.337 e. The summed E-state index contributed by atoms with van der Waals surface area (Å²) >= 11 is 0. The van der Waals surface area contributed by atoms with Crippen molar-refractivity contribution in [3.05, 3.63) is 157 Å². The van der Waals surface area contributed by atoms with Gasteiger partial charge in [-0.1, -0.05) is 18.2 Å². The maximum atomic E-state index is 13.6. The van der Waals surface area contributed by atoms with Crippen molar-refractivity contribution in [3.8, 4) is 0 Å². The second-order valence-corrected chi connectivity index (χ2v) is 17.0. The first-order chi connectivity index (χ1) is 30.2. The molecule has 324 valence electrons. The van der Waals surface area contributed by atoms with Crippen molar-refractivity contribution in [1.29, 1.82) is 0 Å². The van der Waals surface area contributed by atoms with Gasteiger partial charge in [0.25, 0.3) is 32.1 Å². The van der Waals surface area contributed by atoms with Crippen LogP contribution in [0.4, 0.5) is 28.4 Å². The number of nitrogens with two attached hydrogens (primary N) is 1. The van der Waals surface area contributed by atoms with Crippen molar-refractivity contribution in [3.63, 3.8) is 0 Å². The van der Waals surface area contributed by atoms with Crippen molar-refractivity contribution in [1.82, 2.24) is 0 Å². The first-order valence-corrected chi connectivity index (χ1v) is 21.4. The molecule has 0 saturated heterocycles. The molecular formula is C43H33N7O12S2. The second kappa shape index (κ2) is 17.0. The Morgan fingerprint density at radius 2 is 1.08 bits per heavy atom. The van der Waals surface area contributed by atoms with E-state index in [1.165, 1.54) is 84.9 Å². The van der Waals surface area contributed by atoms with Crippen molar-refractivity contribution in [2.24, 2.45) is 10.2 Å². The van der Waals surface area contributed by atoms with E-state index in [2.05, 4.69) is 31.7 Å².